The molecule has 3 N–H and O–H groups in total. The topological polar surface area (TPSA) is 68.0 Å². The van der Waals surface area contributed by atoms with E-state index in [4.69, 9.17) is 5.73 Å². The SMILES string of the molecule is CC(C)CC1(C(=O)Nc2ccc(N)nc2)CCCC1.Cl. The highest BCUT2D eigenvalue weighted by atomic mass is 35.5. The van der Waals surface area contributed by atoms with E-state index >= 15 is 0 Å². The average Bonchev–Trinajstić information content (AvgIpc) is 2.81. The minimum Gasteiger partial charge on any atom is -0.384 e. The van der Waals surface area contributed by atoms with E-state index in [1.165, 1.54) is 0 Å². The number of amides is 1. The van der Waals surface area contributed by atoms with Gasteiger partial charge in [-0.05, 0) is 37.3 Å². The van der Waals surface area contributed by atoms with Gasteiger partial charge in [-0.2, -0.15) is 0 Å². The maximum absolute atomic E-state index is 12.6. The zero-order valence-corrected chi connectivity index (χ0v) is 13.0. The third kappa shape index (κ3) is 3.85. The van der Waals surface area contributed by atoms with Crippen LogP contribution in [0.3, 0.4) is 0 Å². The number of nitrogens with zero attached hydrogens (tertiary/aromatic N) is 1. The third-order valence-corrected chi connectivity index (χ3v) is 3.89. The molecule has 0 atom stereocenters. The highest BCUT2D eigenvalue weighted by Gasteiger charge is 2.41. The van der Waals surface area contributed by atoms with Gasteiger partial charge in [-0.15, -0.1) is 12.4 Å². The summed E-state index contributed by atoms with van der Waals surface area (Å²) in [4.78, 5) is 16.6. The zero-order valence-electron chi connectivity index (χ0n) is 12.2. The van der Waals surface area contributed by atoms with E-state index in [9.17, 15) is 4.79 Å². The number of pyridine rings is 1. The summed E-state index contributed by atoms with van der Waals surface area (Å²) in [5.74, 6) is 1.15. The molecular formula is C15H24ClN3O. The molecule has 0 saturated heterocycles. The lowest BCUT2D eigenvalue weighted by Gasteiger charge is -2.29. The van der Waals surface area contributed by atoms with Gasteiger partial charge in [-0.3, -0.25) is 4.79 Å². The van der Waals surface area contributed by atoms with Crippen LogP contribution in [0.15, 0.2) is 18.3 Å². The summed E-state index contributed by atoms with van der Waals surface area (Å²) in [6, 6.07) is 3.51. The van der Waals surface area contributed by atoms with Crippen LogP contribution in [0.1, 0.15) is 46.0 Å². The minimum atomic E-state index is -0.185. The smallest absolute Gasteiger partial charge is 0.230 e. The molecule has 0 aliphatic heterocycles. The van der Waals surface area contributed by atoms with E-state index in [1.54, 1.807) is 18.3 Å². The monoisotopic (exact) mass is 297 g/mol. The number of hydrogen-bond acceptors (Lipinski definition) is 3. The van der Waals surface area contributed by atoms with Gasteiger partial charge in [0.25, 0.3) is 0 Å². The Morgan fingerprint density at radius 3 is 2.55 bits per heavy atom. The number of anilines is 2. The van der Waals surface area contributed by atoms with Crippen LogP contribution in [0.4, 0.5) is 11.5 Å². The highest BCUT2D eigenvalue weighted by molar-refractivity contribution is 5.95. The minimum absolute atomic E-state index is 0. The lowest BCUT2D eigenvalue weighted by molar-refractivity contribution is -0.126. The molecule has 112 valence electrons. The van der Waals surface area contributed by atoms with Crippen LogP contribution in [0.25, 0.3) is 0 Å². The summed E-state index contributed by atoms with van der Waals surface area (Å²) >= 11 is 0. The Morgan fingerprint density at radius 2 is 2.05 bits per heavy atom. The summed E-state index contributed by atoms with van der Waals surface area (Å²) in [6.45, 7) is 4.36. The normalized spacial score (nSPS) is 16.8. The molecule has 0 aromatic carbocycles. The van der Waals surface area contributed by atoms with Gasteiger partial charge in [-0.25, -0.2) is 4.98 Å². The quantitative estimate of drug-likeness (QED) is 0.891. The predicted octanol–water partition coefficient (Wildman–Crippen LogP) is 3.63. The Bertz CT molecular complexity index is 439. The first-order valence-corrected chi connectivity index (χ1v) is 7.05. The highest BCUT2D eigenvalue weighted by Crippen LogP contribution is 2.44. The number of nitrogen functional groups attached to an aromatic ring is 1. The molecule has 1 aliphatic rings. The second-order valence-corrected chi connectivity index (χ2v) is 6.01. The number of carbonyl (C=O) groups is 1. The molecule has 20 heavy (non-hydrogen) atoms. The Morgan fingerprint density at radius 1 is 1.40 bits per heavy atom. The van der Waals surface area contributed by atoms with Gasteiger partial charge >= 0.3 is 0 Å². The van der Waals surface area contributed by atoms with Crippen molar-refractivity contribution in [1.82, 2.24) is 4.98 Å². The van der Waals surface area contributed by atoms with Crippen LogP contribution in [0, 0.1) is 11.3 Å². The molecule has 1 amide bonds. The van der Waals surface area contributed by atoms with Crippen LogP contribution in [0.2, 0.25) is 0 Å². The second kappa shape index (κ2) is 6.93. The Kier molecular flexibility index (Phi) is 5.81. The van der Waals surface area contributed by atoms with E-state index in [0.717, 1.165) is 37.8 Å². The Balaban J connectivity index is 0.00000200. The first-order chi connectivity index (χ1) is 9.02. The molecular weight excluding hydrogens is 274 g/mol. The lowest BCUT2D eigenvalue weighted by atomic mass is 9.77. The van der Waals surface area contributed by atoms with E-state index in [0.29, 0.717) is 11.7 Å². The molecule has 1 aromatic heterocycles. The Hall–Kier alpha value is -1.29. The van der Waals surface area contributed by atoms with Gasteiger partial charge in [0.05, 0.1) is 11.9 Å². The zero-order chi connectivity index (χ0) is 13.9. The van der Waals surface area contributed by atoms with Crippen molar-refractivity contribution in [1.29, 1.82) is 0 Å². The van der Waals surface area contributed by atoms with Gasteiger partial charge in [0.2, 0.25) is 5.91 Å². The fourth-order valence-corrected chi connectivity index (χ4v) is 3.10. The van der Waals surface area contributed by atoms with Crippen LogP contribution in [-0.2, 0) is 4.79 Å². The standard InChI is InChI=1S/C15H23N3O.ClH/c1-11(2)9-15(7-3-4-8-15)14(19)18-12-5-6-13(16)17-10-12;/h5-6,10-11H,3-4,7-9H2,1-2H3,(H2,16,17)(H,18,19);1H. The third-order valence-electron chi connectivity index (χ3n) is 3.89. The van der Waals surface area contributed by atoms with E-state index < -0.39 is 0 Å². The van der Waals surface area contributed by atoms with E-state index in [-0.39, 0.29) is 23.7 Å². The number of nitrogens with two attached hydrogens (primary N) is 1. The van der Waals surface area contributed by atoms with Crippen molar-refractivity contribution in [3.63, 3.8) is 0 Å². The maximum Gasteiger partial charge on any atom is 0.230 e. The van der Waals surface area contributed by atoms with Gasteiger partial charge in [0.1, 0.15) is 5.82 Å². The number of rotatable bonds is 4. The van der Waals surface area contributed by atoms with Crippen molar-refractivity contribution >= 4 is 29.8 Å². The molecule has 4 nitrogen and oxygen atoms in total. The average molecular weight is 298 g/mol. The molecule has 2 rings (SSSR count). The number of halogens is 1. The summed E-state index contributed by atoms with van der Waals surface area (Å²) in [5, 5.41) is 3.00. The molecule has 1 aromatic rings. The van der Waals surface area contributed by atoms with Crippen molar-refractivity contribution in [3.05, 3.63) is 18.3 Å². The first kappa shape index (κ1) is 16.8. The van der Waals surface area contributed by atoms with Crippen LogP contribution >= 0.6 is 12.4 Å². The molecule has 1 aliphatic carbocycles. The molecule has 0 radical (unpaired) electrons. The van der Waals surface area contributed by atoms with Gasteiger partial charge in [-0.1, -0.05) is 26.7 Å². The fourth-order valence-electron chi connectivity index (χ4n) is 3.10. The molecule has 1 fully saturated rings. The molecule has 5 heteroatoms. The molecule has 0 unspecified atom stereocenters. The van der Waals surface area contributed by atoms with Gasteiger partial charge in [0, 0.05) is 5.41 Å². The van der Waals surface area contributed by atoms with Gasteiger partial charge in [0.15, 0.2) is 0 Å². The van der Waals surface area contributed by atoms with Crippen LogP contribution in [-0.4, -0.2) is 10.9 Å². The largest absolute Gasteiger partial charge is 0.384 e. The summed E-state index contributed by atoms with van der Waals surface area (Å²) < 4.78 is 0. The molecule has 1 saturated carbocycles. The van der Waals surface area contributed by atoms with Crippen molar-refractivity contribution in [2.75, 3.05) is 11.1 Å². The fraction of sp³-hybridized carbons (Fsp3) is 0.600. The predicted molar refractivity (Wildman–Crippen MR) is 84.9 cm³/mol. The first-order valence-electron chi connectivity index (χ1n) is 7.05. The van der Waals surface area contributed by atoms with E-state index in [2.05, 4.69) is 24.1 Å². The second-order valence-electron chi connectivity index (χ2n) is 6.01. The van der Waals surface area contributed by atoms with Crippen molar-refractivity contribution in [2.45, 2.75) is 46.0 Å². The molecule has 0 bridgehead atoms. The number of nitrogens with one attached hydrogen (secondary N) is 1. The number of aromatic nitrogens is 1. The van der Waals surface area contributed by atoms with Crippen molar-refractivity contribution in [3.8, 4) is 0 Å². The summed E-state index contributed by atoms with van der Waals surface area (Å²) in [6.07, 6.45) is 6.88. The van der Waals surface area contributed by atoms with Crippen molar-refractivity contribution < 1.29 is 4.79 Å². The molecule has 0 spiro atoms. The van der Waals surface area contributed by atoms with Crippen LogP contribution < -0.4 is 11.1 Å². The lowest BCUT2D eigenvalue weighted by Crippen LogP contribution is -2.35. The Labute approximate surface area is 126 Å². The number of carbonyl (C=O) groups excluding carboxylic acids is 1. The number of hydrogen-bond donors (Lipinski definition) is 2. The van der Waals surface area contributed by atoms with E-state index in [1.807, 2.05) is 0 Å². The summed E-state index contributed by atoms with van der Waals surface area (Å²) in [7, 11) is 0. The van der Waals surface area contributed by atoms with Crippen LogP contribution in [0.5, 0.6) is 0 Å². The summed E-state index contributed by atoms with van der Waals surface area (Å²) in [5.41, 5.74) is 6.09. The van der Waals surface area contributed by atoms with Gasteiger partial charge < -0.3 is 11.1 Å². The molecule has 1 heterocycles. The van der Waals surface area contributed by atoms with Crippen molar-refractivity contribution in [2.24, 2.45) is 11.3 Å². The maximum atomic E-state index is 12.6.